The number of aromatic amines is 1. The van der Waals surface area contributed by atoms with Crippen LogP contribution in [0.1, 0.15) is 28.7 Å². The van der Waals surface area contributed by atoms with Crippen LogP contribution in [0.15, 0.2) is 81.1 Å². The highest BCUT2D eigenvalue weighted by Gasteiger charge is 2.21. The summed E-state index contributed by atoms with van der Waals surface area (Å²) in [5.74, 6) is -0.520. The average molecular weight is 531 g/mol. The van der Waals surface area contributed by atoms with Gasteiger partial charge < -0.3 is 4.74 Å². The van der Waals surface area contributed by atoms with E-state index in [1.165, 1.54) is 34.5 Å². The van der Waals surface area contributed by atoms with E-state index in [0.29, 0.717) is 17.2 Å². The Kier molecular flexibility index (Phi) is 7.15. The molecule has 0 spiro atoms. The molecule has 11 heteroatoms. The summed E-state index contributed by atoms with van der Waals surface area (Å²) >= 11 is 2.60. The normalized spacial score (nSPS) is 11.3. The molecule has 9 nitrogen and oxygen atoms in total. The molecule has 1 N–H and O–H groups in total. The van der Waals surface area contributed by atoms with Crippen molar-refractivity contribution in [2.45, 2.75) is 19.8 Å². The molecule has 5 rings (SSSR count). The van der Waals surface area contributed by atoms with Gasteiger partial charge in [0.1, 0.15) is 0 Å². The Hall–Kier alpha value is -4.22. The molecule has 3 heterocycles. The maximum atomic E-state index is 13.5. The SMILES string of the molecule is CCCc1sc(N=Nc2c(-c3ccccc3)[nH]n(-c3nc(-c4ccccc4)cs3)c2=O)nc1C(=O)OC. The van der Waals surface area contributed by atoms with Gasteiger partial charge in [0.2, 0.25) is 10.3 Å². The van der Waals surface area contributed by atoms with E-state index in [1.807, 2.05) is 73.0 Å². The Morgan fingerprint density at radius 1 is 1.03 bits per heavy atom. The second-order valence-corrected chi connectivity index (χ2v) is 9.83. The highest BCUT2D eigenvalue weighted by atomic mass is 32.1. The van der Waals surface area contributed by atoms with Crippen LogP contribution >= 0.6 is 22.7 Å². The quantitative estimate of drug-likeness (QED) is 0.180. The topological polar surface area (TPSA) is 115 Å². The van der Waals surface area contributed by atoms with E-state index in [-0.39, 0.29) is 16.5 Å². The first-order valence-corrected chi connectivity index (χ1v) is 13.2. The van der Waals surface area contributed by atoms with Crippen LogP contribution in [-0.4, -0.2) is 32.8 Å². The van der Waals surface area contributed by atoms with Gasteiger partial charge in [-0.3, -0.25) is 9.89 Å². The van der Waals surface area contributed by atoms with Crippen LogP contribution in [0.2, 0.25) is 0 Å². The van der Waals surface area contributed by atoms with Gasteiger partial charge in [-0.05, 0) is 6.42 Å². The molecule has 2 aromatic carbocycles. The van der Waals surface area contributed by atoms with Crippen molar-refractivity contribution < 1.29 is 9.53 Å². The molecular formula is C26H22N6O3S2. The zero-order chi connectivity index (χ0) is 25.8. The minimum Gasteiger partial charge on any atom is -0.464 e. The minimum atomic E-state index is -0.520. The smallest absolute Gasteiger partial charge is 0.357 e. The van der Waals surface area contributed by atoms with E-state index in [1.54, 1.807) is 0 Å². The van der Waals surface area contributed by atoms with Crippen molar-refractivity contribution >= 4 is 39.5 Å². The summed E-state index contributed by atoms with van der Waals surface area (Å²) in [4.78, 5) is 35.4. The summed E-state index contributed by atoms with van der Waals surface area (Å²) in [5.41, 5.74) is 2.96. The molecule has 0 fully saturated rings. The molecule has 186 valence electrons. The third-order valence-electron chi connectivity index (χ3n) is 5.46. The monoisotopic (exact) mass is 530 g/mol. The number of thiazole rings is 2. The van der Waals surface area contributed by atoms with Gasteiger partial charge in [0.25, 0.3) is 0 Å². The minimum absolute atomic E-state index is 0.120. The molecule has 0 amide bonds. The second kappa shape index (κ2) is 10.8. The van der Waals surface area contributed by atoms with Crippen LogP contribution in [-0.2, 0) is 11.2 Å². The van der Waals surface area contributed by atoms with E-state index >= 15 is 0 Å². The zero-order valence-corrected chi connectivity index (χ0v) is 21.7. The molecule has 0 unspecified atom stereocenters. The first-order chi connectivity index (χ1) is 18.1. The molecule has 0 atom stereocenters. The lowest BCUT2D eigenvalue weighted by Crippen LogP contribution is -2.13. The highest BCUT2D eigenvalue weighted by molar-refractivity contribution is 7.15. The van der Waals surface area contributed by atoms with Crippen molar-refractivity contribution in [3.8, 4) is 27.6 Å². The van der Waals surface area contributed by atoms with E-state index in [2.05, 4.69) is 25.3 Å². The molecule has 5 aromatic rings. The number of aromatic nitrogens is 4. The Bertz CT molecular complexity index is 1620. The number of rotatable bonds is 8. The number of ether oxygens (including phenoxy) is 1. The first-order valence-electron chi connectivity index (χ1n) is 11.5. The van der Waals surface area contributed by atoms with E-state index < -0.39 is 11.5 Å². The molecule has 0 aliphatic rings. The fourth-order valence-corrected chi connectivity index (χ4v) is 5.46. The van der Waals surface area contributed by atoms with Gasteiger partial charge in [-0.1, -0.05) is 85.3 Å². The number of H-pyrrole nitrogens is 1. The number of hydrogen-bond acceptors (Lipinski definition) is 9. The standard InChI is InChI=1S/C26H22N6O3S2/c1-3-10-19-21(24(34)35-2)28-25(37-19)30-29-22-20(17-13-8-5-9-14-17)31-32(23(22)33)26-27-18(15-36-26)16-11-6-4-7-12-16/h4-9,11-15,31H,3,10H2,1-2H3. The third kappa shape index (κ3) is 5.04. The van der Waals surface area contributed by atoms with Crippen molar-refractivity contribution in [2.24, 2.45) is 10.2 Å². The molecule has 0 saturated heterocycles. The molecule has 0 bridgehead atoms. The molecule has 3 aromatic heterocycles. The number of esters is 1. The number of nitrogens with one attached hydrogen (secondary N) is 1. The van der Waals surface area contributed by atoms with Gasteiger partial charge in [0.05, 0.1) is 18.5 Å². The second-order valence-electron chi connectivity index (χ2n) is 7.93. The highest BCUT2D eigenvalue weighted by Crippen LogP contribution is 2.32. The van der Waals surface area contributed by atoms with Crippen LogP contribution in [0.4, 0.5) is 10.8 Å². The fourth-order valence-electron chi connectivity index (χ4n) is 3.70. The Morgan fingerprint density at radius 2 is 1.73 bits per heavy atom. The van der Waals surface area contributed by atoms with Gasteiger partial charge in [0, 0.05) is 21.4 Å². The predicted octanol–water partition coefficient (Wildman–Crippen LogP) is 6.57. The van der Waals surface area contributed by atoms with Crippen LogP contribution in [0.5, 0.6) is 0 Å². The average Bonchev–Trinajstić information content (AvgIpc) is 3.66. The largest absolute Gasteiger partial charge is 0.464 e. The van der Waals surface area contributed by atoms with Crippen LogP contribution < -0.4 is 5.56 Å². The Morgan fingerprint density at radius 3 is 2.41 bits per heavy atom. The molecule has 0 aliphatic carbocycles. The summed E-state index contributed by atoms with van der Waals surface area (Å²) < 4.78 is 6.22. The van der Waals surface area contributed by atoms with Crippen molar-refractivity contribution in [1.82, 2.24) is 19.7 Å². The maximum absolute atomic E-state index is 13.5. The van der Waals surface area contributed by atoms with Gasteiger partial charge in [-0.25, -0.2) is 14.8 Å². The van der Waals surface area contributed by atoms with Crippen molar-refractivity contribution in [3.63, 3.8) is 0 Å². The summed E-state index contributed by atoms with van der Waals surface area (Å²) in [6.07, 6.45) is 1.50. The van der Waals surface area contributed by atoms with Crippen LogP contribution in [0.25, 0.3) is 27.6 Å². The summed E-state index contributed by atoms with van der Waals surface area (Å²) in [6.45, 7) is 2.01. The number of hydrogen-bond donors (Lipinski definition) is 1. The predicted molar refractivity (Wildman–Crippen MR) is 145 cm³/mol. The molecule has 37 heavy (non-hydrogen) atoms. The van der Waals surface area contributed by atoms with Gasteiger partial charge in [0.15, 0.2) is 11.4 Å². The molecule has 0 saturated carbocycles. The number of carbonyl (C=O) groups is 1. The molecule has 0 aliphatic heterocycles. The van der Waals surface area contributed by atoms with E-state index in [0.717, 1.165) is 28.1 Å². The first kappa shape index (κ1) is 24.5. The number of nitrogens with zero attached hydrogens (tertiary/aromatic N) is 5. The Balaban J connectivity index is 1.57. The van der Waals surface area contributed by atoms with Crippen LogP contribution in [0.3, 0.4) is 0 Å². The van der Waals surface area contributed by atoms with Crippen molar-refractivity contribution in [2.75, 3.05) is 7.11 Å². The molecular weight excluding hydrogens is 508 g/mol. The summed E-state index contributed by atoms with van der Waals surface area (Å²) in [5, 5.41) is 14.3. The number of carbonyl (C=O) groups excluding carboxylic acids is 1. The number of aryl methyl sites for hydroxylation is 1. The number of benzene rings is 2. The van der Waals surface area contributed by atoms with Crippen LogP contribution in [0, 0.1) is 0 Å². The van der Waals surface area contributed by atoms with Crippen molar-refractivity contribution in [1.29, 1.82) is 0 Å². The van der Waals surface area contributed by atoms with E-state index in [9.17, 15) is 9.59 Å². The fraction of sp³-hybridized carbons (Fsp3) is 0.154. The molecule has 0 radical (unpaired) electrons. The lowest BCUT2D eigenvalue weighted by Gasteiger charge is -1.99. The summed E-state index contributed by atoms with van der Waals surface area (Å²) in [7, 11) is 1.31. The zero-order valence-electron chi connectivity index (χ0n) is 20.0. The summed E-state index contributed by atoms with van der Waals surface area (Å²) in [6, 6.07) is 19.2. The maximum Gasteiger partial charge on any atom is 0.357 e. The lowest BCUT2D eigenvalue weighted by molar-refractivity contribution is 0.0594. The lowest BCUT2D eigenvalue weighted by atomic mass is 10.1. The number of methoxy groups -OCH3 is 1. The Labute approximate surface area is 220 Å². The van der Waals surface area contributed by atoms with Crippen molar-refractivity contribution in [3.05, 3.63) is 87.0 Å². The van der Waals surface area contributed by atoms with Gasteiger partial charge >= 0.3 is 11.5 Å². The number of azo groups is 1. The van der Waals surface area contributed by atoms with Gasteiger partial charge in [-0.2, -0.15) is 4.68 Å². The third-order valence-corrected chi connectivity index (χ3v) is 7.28. The van der Waals surface area contributed by atoms with E-state index in [4.69, 9.17) is 4.74 Å². The van der Waals surface area contributed by atoms with Gasteiger partial charge in [-0.15, -0.1) is 21.6 Å².